The third-order valence-electron chi connectivity index (χ3n) is 7.12. The number of piperidine rings is 1. The van der Waals surface area contributed by atoms with E-state index in [1.807, 2.05) is 11.9 Å². The zero-order chi connectivity index (χ0) is 25.9. The van der Waals surface area contributed by atoms with Gasteiger partial charge in [0.2, 0.25) is 15.9 Å². The lowest BCUT2D eigenvalue weighted by molar-refractivity contribution is -0.136. The van der Waals surface area contributed by atoms with Gasteiger partial charge in [-0.1, -0.05) is 11.6 Å². The van der Waals surface area contributed by atoms with E-state index < -0.39 is 21.3 Å². The van der Waals surface area contributed by atoms with Crippen molar-refractivity contribution in [3.8, 4) is 5.75 Å². The van der Waals surface area contributed by atoms with Crippen molar-refractivity contribution in [2.24, 2.45) is 5.41 Å². The highest BCUT2D eigenvalue weighted by Gasteiger charge is 2.43. The summed E-state index contributed by atoms with van der Waals surface area (Å²) in [4.78, 5) is 17.5. The van der Waals surface area contributed by atoms with Crippen molar-refractivity contribution in [1.82, 2.24) is 14.1 Å². The molecule has 10 heteroatoms. The van der Waals surface area contributed by atoms with Gasteiger partial charge in [0, 0.05) is 56.1 Å². The van der Waals surface area contributed by atoms with E-state index in [1.54, 1.807) is 31.2 Å². The van der Waals surface area contributed by atoms with Gasteiger partial charge >= 0.3 is 0 Å². The van der Waals surface area contributed by atoms with Crippen molar-refractivity contribution in [1.29, 1.82) is 0 Å². The number of hydrogen-bond acceptors (Lipinski definition) is 5. The van der Waals surface area contributed by atoms with Crippen molar-refractivity contribution in [2.75, 3.05) is 52.9 Å². The van der Waals surface area contributed by atoms with Gasteiger partial charge in [-0.3, -0.25) is 4.79 Å². The van der Waals surface area contributed by atoms with E-state index in [4.69, 9.17) is 16.3 Å². The number of carbonyl (C=O) groups is 1. The molecule has 0 bridgehead atoms. The van der Waals surface area contributed by atoms with Gasteiger partial charge in [0.1, 0.15) is 11.6 Å². The van der Waals surface area contributed by atoms with Crippen molar-refractivity contribution in [3.05, 3.63) is 58.9 Å². The van der Waals surface area contributed by atoms with Crippen LogP contribution in [-0.4, -0.2) is 81.4 Å². The Morgan fingerprint density at radius 3 is 2.44 bits per heavy atom. The Balaban J connectivity index is 1.58. The largest absolute Gasteiger partial charge is 0.493 e. The normalized spacial score (nSPS) is 21.9. The van der Waals surface area contributed by atoms with Crippen LogP contribution in [0.3, 0.4) is 0 Å². The number of ether oxygens (including phenoxy) is 1. The molecule has 4 rings (SSSR count). The molecule has 0 N–H and O–H groups in total. The van der Waals surface area contributed by atoms with Crippen LogP contribution in [0.25, 0.3) is 0 Å². The highest BCUT2D eigenvalue weighted by Crippen LogP contribution is 2.38. The topological polar surface area (TPSA) is 70.2 Å². The van der Waals surface area contributed by atoms with Crippen LogP contribution in [0, 0.1) is 18.2 Å². The third-order valence-corrected chi connectivity index (χ3v) is 9.38. The minimum atomic E-state index is -3.87. The third kappa shape index (κ3) is 6.19. The smallest absolute Gasteiger partial charge is 0.243 e. The standard InChI is InChI=1S/C26H33ClFN3O4S/c1-20-16-22(28)6-9-24(20)36(33,34)31-11-3-10-26(18-31,19-35-23-7-4-21(27)5-8-23)17-25(32)30-14-12-29(2)13-15-30/h4-9,16H,3,10-15,17-19H2,1-2H3. The monoisotopic (exact) mass is 537 g/mol. The van der Waals surface area contributed by atoms with E-state index in [2.05, 4.69) is 4.90 Å². The first-order valence-corrected chi connectivity index (χ1v) is 14.0. The van der Waals surface area contributed by atoms with Crippen molar-refractivity contribution >= 4 is 27.5 Å². The van der Waals surface area contributed by atoms with Gasteiger partial charge in [0.15, 0.2) is 0 Å². The first-order valence-electron chi connectivity index (χ1n) is 12.2. The average Bonchev–Trinajstić information content (AvgIpc) is 2.84. The number of hydrogen-bond donors (Lipinski definition) is 0. The summed E-state index contributed by atoms with van der Waals surface area (Å²) in [5.41, 5.74) is -0.337. The van der Waals surface area contributed by atoms with E-state index in [0.717, 1.165) is 19.2 Å². The maximum absolute atomic E-state index is 13.7. The SMILES string of the molecule is Cc1cc(F)ccc1S(=O)(=O)N1CCCC(COc2ccc(Cl)cc2)(CC(=O)N2CCN(C)CC2)C1. The van der Waals surface area contributed by atoms with Crippen LogP contribution < -0.4 is 4.74 Å². The molecule has 0 aromatic heterocycles. The van der Waals surface area contributed by atoms with Crippen LogP contribution in [-0.2, 0) is 14.8 Å². The Labute approximate surface area is 217 Å². The fourth-order valence-corrected chi connectivity index (χ4v) is 6.90. The van der Waals surface area contributed by atoms with Gasteiger partial charge in [0.25, 0.3) is 0 Å². The van der Waals surface area contributed by atoms with Gasteiger partial charge in [-0.25, -0.2) is 12.8 Å². The van der Waals surface area contributed by atoms with Gasteiger partial charge in [-0.15, -0.1) is 0 Å². The summed E-state index contributed by atoms with van der Waals surface area (Å²) < 4.78 is 48.4. The molecule has 0 radical (unpaired) electrons. The molecule has 7 nitrogen and oxygen atoms in total. The average molecular weight is 538 g/mol. The minimum Gasteiger partial charge on any atom is -0.493 e. The number of likely N-dealkylation sites (N-methyl/N-ethyl adjacent to an activating group) is 1. The van der Waals surface area contributed by atoms with E-state index >= 15 is 0 Å². The zero-order valence-corrected chi connectivity index (χ0v) is 22.3. The molecule has 2 saturated heterocycles. The Hall–Kier alpha value is -2.20. The van der Waals surface area contributed by atoms with E-state index in [0.29, 0.717) is 48.8 Å². The fourth-order valence-electron chi connectivity index (χ4n) is 4.98. The molecule has 2 aromatic carbocycles. The maximum atomic E-state index is 13.7. The van der Waals surface area contributed by atoms with Crippen LogP contribution in [0.5, 0.6) is 5.75 Å². The molecule has 0 saturated carbocycles. The number of sulfonamides is 1. The molecule has 2 aliphatic rings. The highest BCUT2D eigenvalue weighted by molar-refractivity contribution is 7.89. The lowest BCUT2D eigenvalue weighted by Crippen LogP contribution is -2.53. The van der Waals surface area contributed by atoms with Gasteiger partial charge in [-0.05, 0) is 74.8 Å². The maximum Gasteiger partial charge on any atom is 0.243 e. The first-order chi connectivity index (χ1) is 17.1. The molecule has 36 heavy (non-hydrogen) atoms. The predicted octanol–water partition coefficient (Wildman–Crippen LogP) is 3.80. The van der Waals surface area contributed by atoms with Crippen LogP contribution >= 0.6 is 11.6 Å². The summed E-state index contributed by atoms with van der Waals surface area (Å²) in [7, 11) is -1.84. The Morgan fingerprint density at radius 1 is 1.08 bits per heavy atom. The second-order valence-corrected chi connectivity index (χ2v) is 12.3. The number of nitrogens with zero attached hydrogens (tertiary/aromatic N) is 3. The van der Waals surface area contributed by atoms with E-state index in [1.165, 1.54) is 16.4 Å². The van der Waals surface area contributed by atoms with Crippen LogP contribution in [0.4, 0.5) is 4.39 Å². The number of halogens is 2. The summed E-state index contributed by atoms with van der Waals surface area (Å²) >= 11 is 6.00. The summed E-state index contributed by atoms with van der Waals surface area (Å²) in [5, 5.41) is 0.590. The van der Waals surface area contributed by atoms with Crippen LogP contribution in [0.1, 0.15) is 24.8 Å². The first kappa shape index (κ1) is 26.9. The van der Waals surface area contributed by atoms with Gasteiger partial charge in [0.05, 0.1) is 11.5 Å². The lowest BCUT2D eigenvalue weighted by Gasteiger charge is -2.43. The van der Waals surface area contributed by atoms with Gasteiger partial charge in [-0.2, -0.15) is 4.31 Å². The second-order valence-electron chi connectivity index (χ2n) is 9.96. The highest BCUT2D eigenvalue weighted by atomic mass is 35.5. The molecule has 196 valence electrons. The van der Waals surface area contributed by atoms with Crippen LogP contribution in [0.2, 0.25) is 5.02 Å². The molecule has 0 aliphatic carbocycles. The van der Waals surface area contributed by atoms with Crippen molar-refractivity contribution < 1.29 is 22.3 Å². The molecule has 1 atom stereocenters. The van der Waals surface area contributed by atoms with E-state index in [-0.39, 0.29) is 30.4 Å². The Morgan fingerprint density at radius 2 is 1.78 bits per heavy atom. The molecule has 0 spiro atoms. The lowest BCUT2D eigenvalue weighted by atomic mass is 9.78. The predicted molar refractivity (Wildman–Crippen MR) is 137 cm³/mol. The number of piperazine rings is 1. The summed E-state index contributed by atoms with van der Waals surface area (Å²) in [6, 6.07) is 10.7. The van der Waals surface area contributed by atoms with E-state index in [9.17, 15) is 17.6 Å². The number of amides is 1. The number of aryl methyl sites for hydroxylation is 1. The second kappa shape index (κ2) is 11.0. The molecule has 2 fully saturated rings. The molecule has 2 heterocycles. The quantitative estimate of drug-likeness (QED) is 0.537. The summed E-state index contributed by atoms with van der Waals surface area (Å²) in [6.45, 7) is 5.20. The molecular weight excluding hydrogens is 505 g/mol. The Bertz CT molecular complexity index is 1190. The van der Waals surface area contributed by atoms with Crippen LogP contribution in [0.15, 0.2) is 47.4 Å². The molecular formula is C26H33ClFN3O4S. The molecule has 2 aliphatic heterocycles. The fraction of sp³-hybridized carbons (Fsp3) is 0.500. The number of benzene rings is 2. The Kier molecular flexibility index (Phi) is 8.24. The van der Waals surface area contributed by atoms with Crippen molar-refractivity contribution in [3.63, 3.8) is 0 Å². The van der Waals surface area contributed by atoms with Crippen molar-refractivity contribution in [2.45, 2.75) is 31.1 Å². The number of carbonyl (C=O) groups excluding carboxylic acids is 1. The zero-order valence-electron chi connectivity index (χ0n) is 20.8. The minimum absolute atomic E-state index is 0.0139. The molecule has 1 unspecified atom stereocenters. The molecule has 1 amide bonds. The number of rotatable bonds is 7. The summed E-state index contributed by atoms with van der Waals surface area (Å²) in [6.07, 6.45) is 1.45. The summed E-state index contributed by atoms with van der Waals surface area (Å²) in [5.74, 6) is 0.147. The molecule has 2 aromatic rings. The van der Waals surface area contributed by atoms with Gasteiger partial charge < -0.3 is 14.5 Å².